The Hall–Kier alpha value is -3.98. The van der Waals surface area contributed by atoms with Gasteiger partial charge in [0.25, 0.3) is 5.91 Å². The number of ether oxygens (including phenoxy) is 1. The van der Waals surface area contributed by atoms with E-state index in [0.29, 0.717) is 34.4 Å². The molecular formula is C25H29BrF3N5O6. The summed E-state index contributed by atoms with van der Waals surface area (Å²) in [4.78, 5) is 47.5. The summed E-state index contributed by atoms with van der Waals surface area (Å²) in [5.74, 6) is -3.86. The SMILES string of the molecule is COCCN(C)C(=O)c1ccc(C(C)NC(=O)CC(=O)Nc2ccc(C(=N)N)cc2)cc1Br.O=C(O)C(F)(F)F. The number of aliphatic carboxylic acids is 1. The minimum Gasteiger partial charge on any atom is -0.475 e. The van der Waals surface area contributed by atoms with Crippen LogP contribution in [-0.4, -0.2) is 73.0 Å². The molecule has 0 aliphatic carbocycles. The summed E-state index contributed by atoms with van der Waals surface area (Å²) >= 11 is 3.43. The van der Waals surface area contributed by atoms with Crippen molar-refractivity contribution >= 4 is 51.1 Å². The molecule has 40 heavy (non-hydrogen) atoms. The Labute approximate surface area is 236 Å². The van der Waals surface area contributed by atoms with Gasteiger partial charge in [-0.2, -0.15) is 13.2 Å². The van der Waals surface area contributed by atoms with Crippen molar-refractivity contribution < 1.29 is 42.2 Å². The summed E-state index contributed by atoms with van der Waals surface area (Å²) in [5.41, 5.74) is 7.74. The summed E-state index contributed by atoms with van der Waals surface area (Å²) in [6, 6.07) is 11.3. The average molecular weight is 632 g/mol. The minimum atomic E-state index is -5.08. The summed E-state index contributed by atoms with van der Waals surface area (Å²) in [7, 11) is 3.28. The first-order valence-electron chi connectivity index (χ1n) is 11.4. The smallest absolute Gasteiger partial charge is 0.475 e. The van der Waals surface area contributed by atoms with E-state index < -0.39 is 24.0 Å². The highest BCUT2D eigenvalue weighted by Gasteiger charge is 2.38. The van der Waals surface area contributed by atoms with Crippen molar-refractivity contribution in [3.8, 4) is 0 Å². The van der Waals surface area contributed by atoms with Crippen LogP contribution in [0.4, 0.5) is 18.9 Å². The number of nitrogen functional groups attached to an aromatic ring is 1. The maximum Gasteiger partial charge on any atom is 0.490 e. The Morgan fingerprint density at radius 3 is 2.17 bits per heavy atom. The number of nitrogens with one attached hydrogen (secondary N) is 3. The van der Waals surface area contributed by atoms with Crippen LogP contribution in [0.2, 0.25) is 0 Å². The van der Waals surface area contributed by atoms with Gasteiger partial charge in [-0.3, -0.25) is 19.8 Å². The molecule has 6 N–H and O–H groups in total. The lowest BCUT2D eigenvalue weighted by Gasteiger charge is -2.19. The van der Waals surface area contributed by atoms with Gasteiger partial charge in [0.1, 0.15) is 12.3 Å². The zero-order valence-electron chi connectivity index (χ0n) is 21.8. The van der Waals surface area contributed by atoms with Gasteiger partial charge in [-0.1, -0.05) is 6.07 Å². The highest BCUT2D eigenvalue weighted by molar-refractivity contribution is 9.10. The molecule has 0 spiro atoms. The van der Waals surface area contributed by atoms with E-state index in [2.05, 4.69) is 26.6 Å². The van der Waals surface area contributed by atoms with Gasteiger partial charge in [0.05, 0.1) is 18.2 Å². The third-order valence-electron chi connectivity index (χ3n) is 5.12. The van der Waals surface area contributed by atoms with E-state index in [1.807, 2.05) is 0 Å². The predicted octanol–water partition coefficient (Wildman–Crippen LogP) is 3.29. The van der Waals surface area contributed by atoms with Crippen LogP contribution in [0.15, 0.2) is 46.9 Å². The van der Waals surface area contributed by atoms with Gasteiger partial charge in [0.2, 0.25) is 11.8 Å². The molecule has 0 bridgehead atoms. The van der Waals surface area contributed by atoms with Crippen LogP contribution in [0.25, 0.3) is 0 Å². The van der Waals surface area contributed by atoms with Crippen LogP contribution in [-0.2, 0) is 19.1 Å². The fourth-order valence-electron chi connectivity index (χ4n) is 2.97. The molecule has 2 aromatic carbocycles. The minimum absolute atomic E-state index is 0.0663. The van der Waals surface area contributed by atoms with Crippen molar-refractivity contribution in [3.63, 3.8) is 0 Å². The van der Waals surface area contributed by atoms with E-state index in [-0.39, 0.29) is 24.2 Å². The first kappa shape index (κ1) is 34.0. The van der Waals surface area contributed by atoms with Crippen LogP contribution in [0, 0.1) is 5.41 Å². The van der Waals surface area contributed by atoms with E-state index >= 15 is 0 Å². The van der Waals surface area contributed by atoms with Gasteiger partial charge in [0.15, 0.2) is 0 Å². The van der Waals surface area contributed by atoms with Crippen molar-refractivity contribution in [1.29, 1.82) is 5.41 Å². The van der Waals surface area contributed by atoms with Crippen molar-refractivity contribution in [1.82, 2.24) is 10.2 Å². The Balaban J connectivity index is 0.00000101. The molecule has 0 aliphatic rings. The van der Waals surface area contributed by atoms with E-state index in [4.69, 9.17) is 25.8 Å². The summed E-state index contributed by atoms with van der Waals surface area (Å²) < 4.78 is 37.4. The van der Waals surface area contributed by atoms with E-state index in [1.165, 1.54) is 0 Å². The molecule has 218 valence electrons. The lowest BCUT2D eigenvalue weighted by atomic mass is 10.1. The number of carboxylic acid groups (broad SMARTS) is 1. The number of hydrogen-bond acceptors (Lipinski definition) is 6. The molecule has 1 atom stereocenters. The number of nitrogens with two attached hydrogens (primary N) is 1. The summed E-state index contributed by atoms with van der Waals surface area (Å²) in [5, 5.41) is 19.9. The van der Waals surface area contributed by atoms with Crippen molar-refractivity contribution in [2.45, 2.75) is 25.6 Å². The second kappa shape index (κ2) is 15.6. The second-order valence-corrected chi connectivity index (χ2v) is 9.12. The zero-order chi connectivity index (χ0) is 30.6. The maximum absolute atomic E-state index is 12.6. The Morgan fingerprint density at radius 1 is 1.12 bits per heavy atom. The van der Waals surface area contributed by atoms with Crippen molar-refractivity contribution in [2.75, 3.05) is 32.6 Å². The third kappa shape index (κ3) is 11.4. The lowest BCUT2D eigenvalue weighted by Crippen LogP contribution is -2.31. The number of nitrogens with zero attached hydrogens (tertiary/aromatic N) is 1. The number of hydrogen-bond donors (Lipinski definition) is 5. The number of likely N-dealkylation sites (N-methyl/N-ethyl adjacent to an activating group) is 1. The molecule has 0 saturated heterocycles. The molecule has 2 aromatic rings. The molecule has 0 heterocycles. The first-order valence-corrected chi connectivity index (χ1v) is 12.2. The number of carbonyl (C=O) groups is 4. The fraction of sp³-hybridized carbons (Fsp3) is 0.320. The lowest BCUT2D eigenvalue weighted by molar-refractivity contribution is -0.192. The molecule has 0 radical (unpaired) electrons. The monoisotopic (exact) mass is 631 g/mol. The van der Waals surface area contributed by atoms with E-state index in [1.54, 1.807) is 68.4 Å². The maximum atomic E-state index is 12.6. The highest BCUT2D eigenvalue weighted by atomic mass is 79.9. The molecule has 2 rings (SSSR count). The molecule has 15 heteroatoms. The largest absolute Gasteiger partial charge is 0.490 e. The van der Waals surface area contributed by atoms with Crippen molar-refractivity contribution in [2.24, 2.45) is 5.73 Å². The van der Waals surface area contributed by atoms with Crippen LogP contribution in [0.3, 0.4) is 0 Å². The molecule has 3 amide bonds. The summed E-state index contributed by atoms with van der Waals surface area (Å²) in [6.07, 6.45) is -5.43. The van der Waals surface area contributed by atoms with Gasteiger partial charge < -0.3 is 31.1 Å². The number of methoxy groups -OCH3 is 1. The summed E-state index contributed by atoms with van der Waals surface area (Å²) in [6.45, 7) is 2.71. The number of amidine groups is 1. The van der Waals surface area contributed by atoms with Gasteiger partial charge in [-0.05, 0) is 64.8 Å². The standard InChI is InChI=1S/C23H28BrN5O4.C2HF3O2/c1-14(16-6-9-18(19(24)12-16)23(32)29(2)10-11-33-3)27-20(30)13-21(31)28-17-7-4-15(5-8-17)22(25)26;3-2(4,5)1(6)7/h4-9,12,14H,10-11,13H2,1-3H3,(H3,25,26)(H,27,30)(H,28,31);(H,6,7). The number of rotatable bonds is 10. The number of benzene rings is 2. The number of halogens is 4. The van der Waals surface area contributed by atoms with E-state index in [9.17, 15) is 27.6 Å². The molecule has 0 fully saturated rings. The molecular weight excluding hydrogens is 603 g/mol. The number of amides is 3. The van der Waals surface area contributed by atoms with Crippen LogP contribution >= 0.6 is 15.9 Å². The molecule has 1 unspecified atom stereocenters. The Bertz CT molecular complexity index is 1220. The Morgan fingerprint density at radius 2 is 1.70 bits per heavy atom. The Kier molecular flexibility index (Phi) is 13.3. The number of carbonyl (C=O) groups excluding carboxylic acids is 3. The quantitative estimate of drug-likeness (QED) is 0.152. The number of anilines is 1. The fourth-order valence-corrected chi connectivity index (χ4v) is 3.54. The zero-order valence-corrected chi connectivity index (χ0v) is 23.4. The second-order valence-electron chi connectivity index (χ2n) is 8.27. The molecule has 0 saturated carbocycles. The highest BCUT2D eigenvalue weighted by Crippen LogP contribution is 2.24. The third-order valence-corrected chi connectivity index (χ3v) is 5.78. The van der Waals surface area contributed by atoms with Gasteiger partial charge in [-0.15, -0.1) is 0 Å². The topological polar surface area (TPSA) is 175 Å². The van der Waals surface area contributed by atoms with Crippen molar-refractivity contribution in [3.05, 3.63) is 63.6 Å². The molecule has 0 aromatic heterocycles. The van der Waals surface area contributed by atoms with Gasteiger partial charge in [0, 0.05) is 36.4 Å². The number of alkyl halides is 3. The van der Waals surface area contributed by atoms with E-state index in [0.717, 1.165) is 5.56 Å². The normalized spacial score (nSPS) is 11.4. The van der Waals surface area contributed by atoms with Crippen LogP contribution < -0.4 is 16.4 Å². The number of carboxylic acids is 1. The predicted molar refractivity (Wildman–Crippen MR) is 144 cm³/mol. The molecule has 11 nitrogen and oxygen atoms in total. The van der Waals surface area contributed by atoms with Crippen LogP contribution in [0.5, 0.6) is 0 Å². The van der Waals surface area contributed by atoms with Gasteiger partial charge in [-0.25, -0.2) is 4.79 Å². The first-order chi connectivity index (χ1) is 18.6. The van der Waals surface area contributed by atoms with Crippen LogP contribution in [0.1, 0.15) is 40.9 Å². The molecule has 0 aliphatic heterocycles. The van der Waals surface area contributed by atoms with Gasteiger partial charge >= 0.3 is 12.1 Å². The average Bonchev–Trinajstić information content (AvgIpc) is 2.86.